The van der Waals surface area contributed by atoms with Gasteiger partial charge >= 0.3 is 5.97 Å². The van der Waals surface area contributed by atoms with Crippen LogP contribution in [0.1, 0.15) is 51.4 Å². The van der Waals surface area contributed by atoms with Gasteiger partial charge in [-0.15, -0.1) is 11.8 Å². The highest BCUT2D eigenvalue weighted by Crippen LogP contribution is 2.53. The van der Waals surface area contributed by atoms with Gasteiger partial charge in [0, 0.05) is 30.0 Å². The lowest BCUT2D eigenvalue weighted by molar-refractivity contribution is -0.137. The summed E-state index contributed by atoms with van der Waals surface area (Å²) in [5.41, 5.74) is 0. The average Bonchev–Trinajstić information content (AvgIpc) is 3.41. The molecule has 0 unspecified atom stereocenters. The molecule has 0 radical (unpaired) electrons. The zero-order valence-corrected chi connectivity index (χ0v) is 20.0. The number of unbranched alkanes of at least 4 members (excludes halogenated alkanes) is 1. The number of hydrogen-bond donors (Lipinski definition) is 3. The second-order valence-electron chi connectivity index (χ2n) is 9.15. The molecule has 7 heteroatoms. The van der Waals surface area contributed by atoms with Crippen LogP contribution in [0.15, 0.2) is 47.4 Å². The van der Waals surface area contributed by atoms with Crippen molar-refractivity contribution in [2.24, 2.45) is 23.7 Å². The number of benzene rings is 1. The third-order valence-corrected chi connectivity index (χ3v) is 7.95. The number of fused-ring (bicyclic) bond motifs is 2. The molecule has 2 bridgehead atoms. The third-order valence-electron chi connectivity index (χ3n) is 6.93. The SMILES string of the molecule is O=C(O)CCCC=CC[C@@H]1[C@@H]2CC[C@@H](C2)[C@@H]1CNC(=O)CNC(=O)CCSc1ccccc1. The molecule has 0 saturated heterocycles. The van der Waals surface area contributed by atoms with Crippen LogP contribution in [0.2, 0.25) is 0 Å². The van der Waals surface area contributed by atoms with E-state index in [1.54, 1.807) is 11.8 Å². The van der Waals surface area contributed by atoms with Gasteiger partial charge in [-0.2, -0.15) is 0 Å². The molecule has 1 aromatic carbocycles. The second-order valence-corrected chi connectivity index (χ2v) is 10.3. The second kappa shape index (κ2) is 13.4. The minimum atomic E-state index is -0.741. The fraction of sp³-hybridized carbons (Fsp3) is 0.577. The summed E-state index contributed by atoms with van der Waals surface area (Å²) in [6.45, 7) is 0.709. The summed E-state index contributed by atoms with van der Waals surface area (Å²) in [5, 5.41) is 14.5. The molecular formula is C26H36N2O4S. The van der Waals surface area contributed by atoms with E-state index in [4.69, 9.17) is 5.11 Å². The number of carboxylic acids is 1. The molecule has 0 aliphatic heterocycles. The van der Waals surface area contributed by atoms with E-state index < -0.39 is 5.97 Å². The van der Waals surface area contributed by atoms with Crippen molar-refractivity contribution in [3.63, 3.8) is 0 Å². The average molecular weight is 473 g/mol. The van der Waals surface area contributed by atoms with Crippen LogP contribution in [-0.4, -0.2) is 41.7 Å². The van der Waals surface area contributed by atoms with Crippen molar-refractivity contribution in [1.29, 1.82) is 0 Å². The Labute approximate surface area is 201 Å². The summed E-state index contributed by atoms with van der Waals surface area (Å²) in [6.07, 6.45) is 11.2. The van der Waals surface area contributed by atoms with E-state index in [9.17, 15) is 14.4 Å². The van der Waals surface area contributed by atoms with Crippen LogP contribution in [0.5, 0.6) is 0 Å². The fourth-order valence-electron chi connectivity index (χ4n) is 5.30. The summed E-state index contributed by atoms with van der Waals surface area (Å²) in [6, 6.07) is 9.97. The summed E-state index contributed by atoms with van der Waals surface area (Å²) < 4.78 is 0. The quantitative estimate of drug-likeness (QED) is 0.214. The van der Waals surface area contributed by atoms with Gasteiger partial charge in [0.1, 0.15) is 0 Å². The van der Waals surface area contributed by atoms with Gasteiger partial charge in [0.05, 0.1) is 6.54 Å². The van der Waals surface area contributed by atoms with Crippen LogP contribution in [0.25, 0.3) is 0 Å². The Morgan fingerprint density at radius 1 is 0.970 bits per heavy atom. The maximum Gasteiger partial charge on any atom is 0.303 e. The number of carbonyl (C=O) groups excluding carboxylic acids is 2. The van der Waals surface area contributed by atoms with Gasteiger partial charge in [-0.3, -0.25) is 14.4 Å². The maximum atomic E-state index is 12.3. The molecule has 3 N–H and O–H groups in total. The van der Waals surface area contributed by atoms with E-state index >= 15 is 0 Å². The van der Waals surface area contributed by atoms with Gasteiger partial charge in [0.2, 0.25) is 11.8 Å². The molecule has 1 aromatic rings. The molecule has 4 atom stereocenters. The molecular weight excluding hydrogens is 436 g/mol. The van der Waals surface area contributed by atoms with Crippen LogP contribution < -0.4 is 10.6 Å². The van der Waals surface area contributed by atoms with Crippen molar-refractivity contribution in [1.82, 2.24) is 10.6 Å². The number of carbonyl (C=O) groups is 3. The highest BCUT2D eigenvalue weighted by atomic mass is 32.2. The van der Waals surface area contributed by atoms with Crippen LogP contribution >= 0.6 is 11.8 Å². The molecule has 0 aromatic heterocycles. The van der Waals surface area contributed by atoms with Gasteiger partial charge in [0.25, 0.3) is 0 Å². The topological polar surface area (TPSA) is 95.5 Å². The Balaban J connectivity index is 1.32. The van der Waals surface area contributed by atoms with E-state index in [1.165, 1.54) is 19.3 Å². The normalized spacial score (nSPS) is 23.6. The first-order valence-corrected chi connectivity index (χ1v) is 13.1. The molecule has 3 rings (SSSR count). The van der Waals surface area contributed by atoms with Crippen LogP contribution in [-0.2, 0) is 14.4 Å². The van der Waals surface area contributed by atoms with Crippen LogP contribution in [0.4, 0.5) is 0 Å². The number of allylic oxidation sites excluding steroid dienone is 2. The van der Waals surface area contributed by atoms with Crippen molar-refractivity contribution in [2.45, 2.75) is 56.3 Å². The number of amides is 2. The summed E-state index contributed by atoms with van der Waals surface area (Å²) >= 11 is 1.64. The molecule has 180 valence electrons. The van der Waals surface area contributed by atoms with Crippen molar-refractivity contribution in [3.8, 4) is 0 Å². The smallest absolute Gasteiger partial charge is 0.303 e. The Morgan fingerprint density at radius 3 is 2.48 bits per heavy atom. The maximum absolute atomic E-state index is 12.3. The fourth-order valence-corrected chi connectivity index (χ4v) is 6.17. The van der Waals surface area contributed by atoms with Crippen molar-refractivity contribution in [2.75, 3.05) is 18.8 Å². The lowest BCUT2D eigenvalue weighted by Crippen LogP contribution is -2.41. The van der Waals surface area contributed by atoms with Crippen LogP contribution in [0, 0.1) is 23.7 Å². The minimum absolute atomic E-state index is 0.0315. The number of aliphatic carboxylic acids is 1. The highest BCUT2D eigenvalue weighted by Gasteiger charge is 2.46. The van der Waals surface area contributed by atoms with E-state index in [2.05, 4.69) is 22.8 Å². The molecule has 2 saturated carbocycles. The van der Waals surface area contributed by atoms with Gasteiger partial charge < -0.3 is 15.7 Å². The molecule has 6 nitrogen and oxygen atoms in total. The Morgan fingerprint density at radius 2 is 1.73 bits per heavy atom. The predicted octanol–water partition coefficient (Wildman–Crippen LogP) is 4.26. The molecule has 2 fully saturated rings. The molecule has 2 amide bonds. The first kappa shape index (κ1) is 25.3. The van der Waals surface area contributed by atoms with E-state index in [0.717, 1.165) is 23.7 Å². The molecule has 0 heterocycles. The zero-order valence-electron chi connectivity index (χ0n) is 19.2. The number of nitrogens with one attached hydrogen (secondary N) is 2. The summed E-state index contributed by atoms with van der Waals surface area (Å²) in [7, 11) is 0. The lowest BCUT2D eigenvalue weighted by atomic mass is 9.77. The van der Waals surface area contributed by atoms with E-state index in [1.807, 2.05) is 30.3 Å². The van der Waals surface area contributed by atoms with Gasteiger partial charge in [0.15, 0.2) is 0 Å². The standard InChI is InChI=1S/C26H36N2O4S/c29-24(14-15-33-21-8-4-3-5-9-21)28-18-25(30)27-17-23-20-13-12-19(16-20)22(23)10-6-1-2-7-11-26(31)32/h1,3-6,8-9,19-20,22-23H,2,7,10-18H2,(H,27,30)(H,28,29)(H,31,32)/t19-,20+,22-,23+/m1/s1. The Hall–Kier alpha value is -2.28. The number of rotatable bonds is 14. The zero-order chi connectivity index (χ0) is 23.5. The molecule has 33 heavy (non-hydrogen) atoms. The monoisotopic (exact) mass is 472 g/mol. The van der Waals surface area contributed by atoms with Crippen molar-refractivity contribution in [3.05, 3.63) is 42.5 Å². The first-order chi connectivity index (χ1) is 16.0. The largest absolute Gasteiger partial charge is 0.481 e. The summed E-state index contributed by atoms with van der Waals surface area (Å²) in [5.74, 6) is 2.24. The van der Waals surface area contributed by atoms with E-state index in [-0.39, 0.29) is 24.8 Å². The molecule has 2 aliphatic rings. The highest BCUT2D eigenvalue weighted by molar-refractivity contribution is 7.99. The third kappa shape index (κ3) is 8.54. The minimum Gasteiger partial charge on any atom is -0.481 e. The van der Waals surface area contributed by atoms with Gasteiger partial charge in [-0.1, -0.05) is 30.4 Å². The Bertz CT molecular complexity index is 814. The number of thioether (sulfide) groups is 1. The van der Waals surface area contributed by atoms with Crippen LogP contribution in [0.3, 0.4) is 0 Å². The lowest BCUT2D eigenvalue weighted by Gasteiger charge is -2.30. The first-order valence-electron chi connectivity index (χ1n) is 12.1. The number of hydrogen-bond acceptors (Lipinski definition) is 4. The van der Waals surface area contributed by atoms with E-state index in [0.29, 0.717) is 42.9 Å². The van der Waals surface area contributed by atoms with Crippen molar-refractivity contribution >= 4 is 29.5 Å². The van der Waals surface area contributed by atoms with Gasteiger partial charge in [-0.05, 0) is 74.3 Å². The van der Waals surface area contributed by atoms with Crippen molar-refractivity contribution < 1.29 is 19.5 Å². The molecule has 0 spiro atoms. The van der Waals surface area contributed by atoms with Gasteiger partial charge in [-0.25, -0.2) is 0 Å². The summed E-state index contributed by atoms with van der Waals surface area (Å²) in [4.78, 5) is 36.1. The number of carboxylic acid groups (broad SMARTS) is 1. The molecule has 2 aliphatic carbocycles. The predicted molar refractivity (Wildman–Crippen MR) is 131 cm³/mol. The Kier molecular flexibility index (Phi) is 10.3.